The highest BCUT2D eigenvalue weighted by Gasteiger charge is 2.29. The van der Waals surface area contributed by atoms with Gasteiger partial charge in [0.2, 0.25) is 0 Å². The van der Waals surface area contributed by atoms with E-state index in [1.807, 2.05) is 0 Å². The highest BCUT2D eigenvalue weighted by molar-refractivity contribution is 7.91. The molecule has 8 heteroatoms. The van der Waals surface area contributed by atoms with Gasteiger partial charge in [-0.15, -0.1) is 13.2 Å². The largest absolute Gasteiger partial charge is 0.522 e. The number of sulfone groups is 1. The van der Waals surface area contributed by atoms with Crippen molar-refractivity contribution in [3.05, 3.63) is 0 Å². The summed E-state index contributed by atoms with van der Waals surface area (Å²) >= 11 is 0. The van der Waals surface area contributed by atoms with Crippen LogP contribution in [0.2, 0.25) is 0 Å². The quantitative estimate of drug-likeness (QED) is 0.756. The number of hydrogen-bond donors (Lipinski definition) is 1. The predicted molar refractivity (Wildman–Crippen MR) is 51.7 cm³/mol. The predicted octanol–water partition coefficient (Wildman–Crippen LogP) is 0.690. The first-order valence-electron chi connectivity index (χ1n) is 4.93. The Labute approximate surface area is 92.1 Å². The summed E-state index contributed by atoms with van der Waals surface area (Å²) in [5.41, 5.74) is 0. The Hall–Kier alpha value is -0.340. The number of hydrogen-bond acceptors (Lipinski definition) is 4. The molecule has 1 aliphatic rings. The fourth-order valence-corrected chi connectivity index (χ4v) is 3.02. The summed E-state index contributed by atoms with van der Waals surface area (Å²) in [6.45, 7) is -0.378. The van der Waals surface area contributed by atoms with Crippen LogP contribution in [-0.2, 0) is 14.6 Å². The smallest absolute Gasteiger partial charge is 0.312 e. The van der Waals surface area contributed by atoms with Crippen LogP contribution < -0.4 is 5.32 Å². The van der Waals surface area contributed by atoms with Gasteiger partial charge in [0.15, 0.2) is 0 Å². The van der Waals surface area contributed by atoms with E-state index in [-0.39, 0.29) is 24.1 Å². The number of ether oxygens (including phenoxy) is 1. The van der Waals surface area contributed by atoms with Crippen LogP contribution in [0.15, 0.2) is 0 Å². The van der Waals surface area contributed by atoms with Gasteiger partial charge in [0.1, 0.15) is 9.84 Å². The zero-order valence-electron chi connectivity index (χ0n) is 8.59. The molecule has 0 aliphatic carbocycles. The summed E-state index contributed by atoms with van der Waals surface area (Å²) in [6.07, 6.45) is -3.69. The molecule has 0 bridgehead atoms. The Morgan fingerprint density at radius 2 is 1.81 bits per heavy atom. The number of rotatable bonds is 4. The maximum Gasteiger partial charge on any atom is 0.522 e. The fraction of sp³-hybridized carbons (Fsp3) is 1.00. The van der Waals surface area contributed by atoms with Crippen LogP contribution in [0, 0.1) is 0 Å². The van der Waals surface area contributed by atoms with E-state index in [4.69, 9.17) is 0 Å². The lowest BCUT2D eigenvalue weighted by atomic mass is 10.1. The number of nitrogens with one attached hydrogen (secondary N) is 1. The average molecular weight is 261 g/mol. The summed E-state index contributed by atoms with van der Waals surface area (Å²) in [4.78, 5) is 0. The third-order valence-electron chi connectivity index (χ3n) is 2.36. The Bertz CT molecular complexity index is 301. The minimum absolute atomic E-state index is 0.0274. The molecule has 1 fully saturated rings. The van der Waals surface area contributed by atoms with E-state index in [0.29, 0.717) is 12.8 Å². The van der Waals surface area contributed by atoms with Crippen molar-refractivity contribution < 1.29 is 26.3 Å². The third-order valence-corrected chi connectivity index (χ3v) is 4.07. The van der Waals surface area contributed by atoms with E-state index in [1.54, 1.807) is 0 Å². The molecule has 1 rings (SSSR count). The van der Waals surface area contributed by atoms with Gasteiger partial charge in [0, 0.05) is 12.6 Å². The Kier molecular flexibility index (Phi) is 4.57. The standard InChI is InChI=1S/C8H14F3NO3S/c9-8(10,11)15-4-3-12-7-1-5-16(13,14)6-2-7/h7,12H,1-6H2. The van der Waals surface area contributed by atoms with Gasteiger partial charge in [0.05, 0.1) is 18.1 Å². The molecule has 4 nitrogen and oxygen atoms in total. The first kappa shape index (κ1) is 13.7. The van der Waals surface area contributed by atoms with Crippen molar-refractivity contribution in [3.63, 3.8) is 0 Å². The van der Waals surface area contributed by atoms with Crippen molar-refractivity contribution in [2.24, 2.45) is 0 Å². The van der Waals surface area contributed by atoms with Gasteiger partial charge in [-0.25, -0.2) is 8.42 Å². The van der Waals surface area contributed by atoms with Crippen LogP contribution in [0.4, 0.5) is 13.2 Å². The Morgan fingerprint density at radius 3 is 2.31 bits per heavy atom. The zero-order chi connectivity index (χ0) is 12.2. The van der Waals surface area contributed by atoms with E-state index in [2.05, 4.69) is 10.1 Å². The fourth-order valence-electron chi connectivity index (χ4n) is 1.52. The minimum Gasteiger partial charge on any atom is -0.312 e. The Balaban J connectivity index is 2.11. The molecule has 0 saturated carbocycles. The van der Waals surface area contributed by atoms with E-state index in [1.165, 1.54) is 0 Å². The topological polar surface area (TPSA) is 55.4 Å². The second kappa shape index (κ2) is 5.33. The van der Waals surface area contributed by atoms with E-state index >= 15 is 0 Å². The van der Waals surface area contributed by atoms with Gasteiger partial charge in [-0.2, -0.15) is 0 Å². The summed E-state index contributed by atoms with van der Waals surface area (Å²) in [7, 11) is -2.92. The van der Waals surface area contributed by atoms with Crippen LogP contribution in [0.25, 0.3) is 0 Å². The summed E-state index contributed by atoms with van der Waals surface area (Å²) in [5, 5.41) is 2.84. The van der Waals surface area contributed by atoms with Gasteiger partial charge in [-0.05, 0) is 12.8 Å². The van der Waals surface area contributed by atoms with Gasteiger partial charge in [0.25, 0.3) is 0 Å². The zero-order valence-corrected chi connectivity index (χ0v) is 9.40. The van der Waals surface area contributed by atoms with E-state index < -0.39 is 22.8 Å². The highest BCUT2D eigenvalue weighted by atomic mass is 32.2. The normalized spacial score (nSPS) is 22.2. The molecule has 0 aromatic heterocycles. The van der Waals surface area contributed by atoms with Crippen LogP contribution in [-0.4, -0.2) is 45.5 Å². The van der Waals surface area contributed by atoms with Crippen molar-refractivity contribution in [2.45, 2.75) is 25.2 Å². The van der Waals surface area contributed by atoms with Crippen molar-refractivity contribution >= 4 is 9.84 Å². The molecule has 96 valence electrons. The molecule has 0 amide bonds. The van der Waals surface area contributed by atoms with Crippen molar-refractivity contribution in [2.75, 3.05) is 24.7 Å². The molecular formula is C8H14F3NO3S. The Morgan fingerprint density at radius 1 is 1.25 bits per heavy atom. The molecular weight excluding hydrogens is 247 g/mol. The maximum atomic E-state index is 11.6. The molecule has 1 N–H and O–H groups in total. The first-order valence-corrected chi connectivity index (χ1v) is 6.75. The lowest BCUT2D eigenvalue weighted by molar-refractivity contribution is -0.323. The lowest BCUT2D eigenvalue weighted by Gasteiger charge is -2.23. The second-order valence-electron chi connectivity index (χ2n) is 3.67. The van der Waals surface area contributed by atoms with Crippen LogP contribution >= 0.6 is 0 Å². The summed E-state index contributed by atoms with van der Waals surface area (Å²) in [5.74, 6) is 0.204. The van der Waals surface area contributed by atoms with Gasteiger partial charge in [-0.1, -0.05) is 0 Å². The highest BCUT2D eigenvalue weighted by Crippen LogP contribution is 2.15. The van der Waals surface area contributed by atoms with Gasteiger partial charge < -0.3 is 5.32 Å². The summed E-state index contributed by atoms with van der Waals surface area (Å²) in [6, 6.07) is -0.0274. The summed E-state index contributed by atoms with van der Waals surface area (Å²) < 4.78 is 60.5. The van der Waals surface area contributed by atoms with Gasteiger partial charge in [-0.3, -0.25) is 4.74 Å². The van der Waals surface area contributed by atoms with E-state index in [9.17, 15) is 21.6 Å². The molecule has 0 aromatic rings. The second-order valence-corrected chi connectivity index (χ2v) is 5.98. The SMILES string of the molecule is O=S1(=O)CCC(NCCOC(F)(F)F)CC1. The van der Waals surface area contributed by atoms with Gasteiger partial charge >= 0.3 is 6.36 Å². The number of alkyl halides is 3. The maximum absolute atomic E-state index is 11.6. The molecule has 0 unspecified atom stereocenters. The molecule has 1 saturated heterocycles. The molecule has 1 heterocycles. The lowest BCUT2D eigenvalue weighted by Crippen LogP contribution is -2.39. The monoisotopic (exact) mass is 261 g/mol. The molecule has 0 aromatic carbocycles. The molecule has 0 spiro atoms. The molecule has 0 radical (unpaired) electrons. The molecule has 16 heavy (non-hydrogen) atoms. The van der Waals surface area contributed by atoms with Crippen LogP contribution in [0.1, 0.15) is 12.8 Å². The van der Waals surface area contributed by atoms with Crippen molar-refractivity contribution in [3.8, 4) is 0 Å². The number of halogens is 3. The average Bonchev–Trinajstić information content (AvgIpc) is 2.13. The van der Waals surface area contributed by atoms with Crippen molar-refractivity contribution in [1.82, 2.24) is 5.32 Å². The van der Waals surface area contributed by atoms with Crippen LogP contribution in [0.5, 0.6) is 0 Å². The minimum atomic E-state index is -4.60. The first-order chi connectivity index (χ1) is 7.29. The van der Waals surface area contributed by atoms with Crippen molar-refractivity contribution in [1.29, 1.82) is 0 Å². The van der Waals surface area contributed by atoms with Crippen LogP contribution in [0.3, 0.4) is 0 Å². The molecule has 0 atom stereocenters. The van der Waals surface area contributed by atoms with E-state index in [0.717, 1.165) is 0 Å². The molecule has 1 aliphatic heterocycles. The third kappa shape index (κ3) is 5.66.